The van der Waals surface area contributed by atoms with Crippen molar-refractivity contribution in [3.8, 4) is 0 Å². The normalized spacial score (nSPS) is 11.9. The van der Waals surface area contributed by atoms with Gasteiger partial charge in [0.1, 0.15) is 6.61 Å². The number of aliphatic hydroxyl groups is 1. The van der Waals surface area contributed by atoms with E-state index in [1.807, 2.05) is 0 Å². The monoisotopic (exact) mass is 157 g/mol. The van der Waals surface area contributed by atoms with Crippen molar-refractivity contribution in [1.82, 2.24) is 5.16 Å². The minimum atomic E-state index is -0.258. The molecule has 6 nitrogen and oxygen atoms in total. The zero-order chi connectivity index (χ0) is 8.27. The van der Waals surface area contributed by atoms with Crippen LogP contribution in [-0.2, 0) is 6.61 Å². The summed E-state index contributed by atoms with van der Waals surface area (Å²) in [5.41, 5.74) is 5.36. The second-order valence-electron chi connectivity index (χ2n) is 1.82. The number of aromatic nitrogens is 1. The molecule has 0 aliphatic rings. The number of nitrogens with two attached hydrogens (primary N) is 1. The predicted molar refractivity (Wildman–Crippen MR) is 34.9 cm³/mol. The van der Waals surface area contributed by atoms with Gasteiger partial charge < -0.3 is 20.6 Å². The molecule has 0 aliphatic heterocycles. The summed E-state index contributed by atoms with van der Waals surface area (Å²) in [7, 11) is 0. The van der Waals surface area contributed by atoms with Crippen LogP contribution in [0.1, 0.15) is 11.5 Å². The molecular formula is C5H7N3O3. The van der Waals surface area contributed by atoms with Crippen molar-refractivity contribution in [3.05, 3.63) is 17.5 Å². The molecule has 60 valence electrons. The first-order valence-corrected chi connectivity index (χ1v) is 2.82. The first-order valence-electron chi connectivity index (χ1n) is 2.82. The van der Waals surface area contributed by atoms with Crippen LogP contribution in [0.4, 0.5) is 0 Å². The van der Waals surface area contributed by atoms with E-state index in [1.165, 1.54) is 6.07 Å². The fourth-order valence-electron chi connectivity index (χ4n) is 0.559. The van der Waals surface area contributed by atoms with E-state index in [9.17, 15) is 0 Å². The van der Waals surface area contributed by atoms with Gasteiger partial charge in [0.25, 0.3) is 0 Å². The second-order valence-corrected chi connectivity index (χ2v) is 1.82. The zero-order valence-corrected chi connectivity index (χ0v) is 5.56. The highest BCUT2D eigenvalue weighted by Crippen LogP contribution is 2.01. The Morgan fingerprint density at radius 2 is 2.55 bits per heavy atom. The first-order chi connectivity index (χ1) is 5.27. The second kappa shape index (κ2) is 3.02. The van der Waals surface area contributed by atoms with E-state index in [0.717, 1.165) is 0 Å². The zero-order valence-electron chi connectivity index (χ0n) is 5.56. The number of hydrogen-bond donors (Lipinski definition) is 3. The van der Waals surface area contributed by atoms with Crippen LogP contribution in [0.25, 0.3) is 0 Å². The van der Waals surface area contributed by atoms with E-state index in [2.05, 4.69) is 14.8 Å². The van der Waals surface area contributed by atoms with E-state index in [0.29, 0.717) is 0 Å². The van der Waals surface area contributed by atoms with E-state index < -0.39 is 0 Å². The fourth-order valence-corrected chi connectivity index (χ4v) is 0.559. The van der Waals surface area contributed by atoms with E-state index in [4.69, 9.17) is 16.0 Å². The van der Waals surface area contributed by atoms with E-state index in [-0.39, 0.29) is 23.9 Å². The lowest BCUT2D eigenvalue weighted by Crippen LogP contribution is -2.13. The molecule has 0 radical (unpaired) electrons. The minimum Gasteiger partial charge on any atom is -0.409 e. The average Bonchev–Trinajstić information content (AvgIpc) is 2.50. The van der Waals surface area contributed by atoms with Gasteiger partial charge in [-0.25, -0.2) is 0 Å². The first kappa shape index (κ1) is 7.55. The van der Waals surface area contributed by atoms with Gasteiger partial charge in [-0.15, -0.1) is 0 Å². The van der Waals surface area contributed by atoms with Gasteiger partial charge in [0.15, 0.2) is 17.3 Å². The Morgan fingerprint density at radius 3 is 3.00 bits per heavy atom. The number of aliphatic hydroxyl groups excluding tert-OH is 1. The molecule has 0 saturated carbocycles. The molecule has 11 heavy (non-hydrogen) atoms. The van der Waals surface area contributed by atoms with Crippen LogP contribution in [-0.4, -0.2) is 21.3 Å². The van der Waals surface area contributed by atoms with Gasteiger partial charge in [-0.3, -0.25) is 0 Å². The van der Waals surface area contributed by atoms with Gasteiger partial charge in [-0.1, -0.05) is 10.3 Å². The van der Waals surface area contributed by atoms with Crippen molar-refractivity contribution in [3.63, 3.8) is 0 Å². The largest absolute Gasteiger partial charge is 0.409 e. The molecular weight excluding hydrogens is 150 g/mol. The van der Waals surface area contributed by atoms with Crippen molar-refractivity contribution in [2.24, 2.45) is 10.9 Å². The maximum absolute atomic E-state index is 8.53. The topological polar surface area (TPSA) is 105 Å². The Labute approximate surface area is 61.9 Å². The number of amidine groups is 1. The highest BCUT2D eigenvalue weighted by molar-refractivity contribution is 5.95. The fraction of sp³-hybridized carbons (Fsp3) is 0.200. The molecule has 0 unspecified atom stereocenters. The van der Waals surface area contributed by atoms with Gasteiger partial charge in [0.05, 0.1) is 0 Å². The molecule has 1 aromatic heterocycles. The lowest BCUT2D eigenvalue weighted by molar-refractivity contribution is 0.229. The van der Waals surface area contributed by atoms with Crippen molar-refractivity contribution < 1.29 is 14.8 Å². The lowest BCUT2D eigenvalue weighted by atomic mass is 10.3. The molecule has 0 spiro atoms. The molecule has 0 amide bonds. The summed E-state index contributed by atoms with van der Waals surface area (Å²) in [6, 6.07) is 1.38. The third-order valence-corrected chi connectivity index (χ3v) is 1.08. The highest BCUT2D eigenvalue weighted by atomic mass is 16.5. The summed E-state index contributed by atoms with van der Waals surface area (Å²) in [4.78, 5) is 0. The lowest BCUT2D eigenvalue weighted by Gasteiger charge is -1.85. The van der Waals surface area contributed by atoms with Crippen molar-refractivity contribution in [2.45, 2.75) is 6.61 Å². The highest BCUT2D eigenvalue weighted by Gasteiger charge is 2.06. The van der Waals surface area contributed by atoms with Crippen molar-refractivity contribution in [1.29, 1.82) is 0 Å². The quantitative estimate of drug-likeness (QED) is 0.227. The van der Waals surface area contributed by atoms with Gasteiger partial charge in [0, 0.05) is 6.07 Å². The summed E-state index contributed by atoms with van der Waals surface area (Å²) >= 11 is 0. The average molecular weight is 157 g/mol. The molecule has 6 heteroatoms. The summed E-state index contributed by atoms with van der Waals surface area (Å²) in [5.74, 6) is 0.125. The van der Waals surface area contributed by atoms with Crippen LogP contribution in [0.15, 0.2) is 15.7 Å². The Morgan fingerprint density at radius 1 is 1.82 bits per heavy atom. The molecule has 0 aromatic carbocycles. The smallest absolute Gasteiger partial charge is 0.192 e. The van der Waals surface area contributed by atoms with Gasteiger partial charge >= 0.3 is 0 Å². The van der Waals surface area contributed by atoms with Gasteiger partial charge in [-0.05, 0) is 0 Å². The Balaban J connectivity index is 2.89. The van der Waals surface area contributed by atoms with Crippen LogP contribution >= 0.6 is 0 Å². The third kappa shape index (κ3) is 1.47. The van der Waals surface area contributed by atoms with Crippen LogP contribution in [0.5, 0.6) is 0 Å². The van der Waals surface area contributed by atoms with Crippen LogP contribution in [0.2, 0.25) is 0 Å². The van der Waals surface area contributed by atoms with Gasteiger partial charge in [-0.2, -0.15) is 0 Å². The molecule has 4 N–H and O–H groups in total. The Kier molecular flexibility index (Phi) is 2.07. The summed E-state index contributed by atoms with van der Waals surface area (Å²) in [5, 5.41) is 22.8. The summed E-state index contributed by atoms with van der Waals surface area (Å²) in [6.45, 7) is -0.258. The molecule has 0 bridgehead atoms. The maximum Gasteiger partial charge on any atom is 0.192 e. The number of oxime groups is 1. The van der Waals surface area contributed by atoms with E-state index >= 15 is 0 Å². The Hall–Kier alpha value is -1.56. The van der Waals surface area contributed by atoms with E-state index in [1.54, 1.807) is 0 Å². The van der Waals surface area contributed by atoms with Crippen LogP contribution in [0, 0.1) is 0 Å². The number of rotatable bonds is 2. The summed E-state index contributed by atoms with van der Waals surface area (Å²) < 4.78 is 4.56. The molecule has 0 atom stereocenters. The molecule has 0 fully saturated rings. The van der Waals surface area contributed by atoms with Crippen molar-refractivity contribution >= 4 is 5.84 Å². The molecule has 1 heterocycles. The van der Waals surface area contributed by atoms with Gasteiger partial charge in [0.2, 0.25) is 0 Å². The third-order valence-electron chi connectivity index (χ3n) is 1.08. The predicted octanol–water partition coefficient (Wildman–Crippen LogP) is -0.739. The minimum absolute atomic E-state index is 0.145. The SMILES string of the molecule is N/C(=N\O)c1cc(CO)on1. The standard InChI is InChI=1S/C5H7N3O3/c6-5(7-10)4-1-3(2-9)11-8-4/h1,9-10H,2H2,(H2,6,7). The summed E-state index contributed by atoms with van der Waals surface area (Å²) in [6.07, 6.45) is 0. The molecule has 1 aromatic rings. The van der Waals surface area contributed by atoms with Crippen molar-refractivity contribution in [2.75, 3.05) is 0 Å². The molecule has 0 aliphatic carbocycles. The number of hydrogen-bond acceptors (Lipinski definition) is 5. The molecule has 1 rings (SSSR count). The van der Waals surface area contributed by atoms with Crippen LogP contribution < -0.4 is 5.73 Å². The van der Waals surface area contributed by atoms with Crippen LogP contribution in [0.3, 0.4) is 0 Å². The maximum atomic E-state index is 8.53. The Bertz CT molecular complexity index is 268. The molecule has 0 saturated heterocycles. The number of nitrogens with zero attached hydrogens (tertiary/aromatic N) is 2.